The van der Waals surface area contributed by atoms with Gasteiger partial charge in [0.05, 0.1) is 23.7 Å². The molecule has 290 valence electrons. The van der Waals surface area contributed by atoms with Crippen LogP contribution in [-0.4, -0.2) is 88.3 Å². The van der Waals surface area contributed by atoms with E-state index in [4.69, 9.17) is 9.47 Å². The van der Waals surface area contributed by atoms with Crippen LogP contribution in [0.5, 0.6) is 17.2 Å². The van der Waals surface area contributed by atoms with Crippen molar-refractivity contribution in [3.8, 4) is 17.2 Å². The summed E-state index contributed by atoms with van der Waals surface area (Å²) in [6.45, 7) is 4.55. The molecular weight excluding hydrogens is 707 g/mol. The molecule has 8 rings (SSSR count). The molecule has 4 aromatic carbocycles. The molecule has 0 spiro atoms. The molecule has 1 unspecified atom stereocenters. The number of fused-ring (bicyclic) bond motifs is 2. The van der Waals surface area contributed by atoms with Crippen molar-refractivity contribution in [2.24, 2.45) is 7.05 Å². The Morgan fingerprint density at radius 3 is 2.41 bits per heavy atom. The van der Waals surface area contributed by atoms with E-state index >= 15 is 0 Å². The number of piperazine rings is 1. The molecule has 2 fully saturated rings. The highest BCUT2D eigenvalue weighted by Crippen LogP contribution is 2.47. The molecule has 3 amide bonds. The molecule has 3 aliphatic rings. The third-order valence-electron chi connectivity index (χ3n) is 11.7. The number of hydrogen-bond donors (Lipinski definition) is 2. The molecule has 2 aliphatic heterocycles. The fourth-order valence-electron chi connectivity index (χ4n) is 8.70. The van der Waals surface area contributed by atoms with Crippen LogP contribution in [-0.2, 0) is 27.9 Å². The Bertz CT molecular complexity index is 2190. The minimum atomic E-state index is -0.473. The first kappa shape index (κ1) is 37.3. The minimum Gasteiger partial charge on any atom is -0.508 e. The van der Waals surface area contributed by atoms with Crippen molar-refractivity contribution in [3.05, 3.63) is 119 Å². The third kappa shape index (κ3) is 8.14. The molecule has 0 saturated carbocycles. The number of carbonyl (C=O) groups is 3. The molecule has 1 aromatic heterocycles. The molecule has 3 heterocycles. The Labute approximate surface area is 327 Å². The number of carbonyl (C=O) groups excluding carboxylic acids is 3. The lowest BCUT2D eigenvalue weighted by Gasteiger charge is -2.35. The van der Waals surface area contributed by atoms with Crippen molar-refractivity contribution in [1.29, 1.82) is 0 Å². The number of ether oxygens (including phenoxy) is 2. The van der Waals surface area contributed by atoms with Crippen LogP contribution in [0.2, 0.25) is 0 Å². The van der Waals surface area contributed by atoms with Gasteiger partial charge in [-0.1, -0.05) is 48.5 Å². The number of hydrogen-bond acceptors (Lipinski definition) is 8. The Morgan fingerprint density at radius 1 is 0.839 bits per heavy atom. The summed E-state index contributed by atoms with van der Waals surface area (Å²) >= 11 is 0. The fourth-order valence-corrected chi connectivity index (χ4v) is 8.70. The summed E-state index contributed by atoms with van der Waals surface area (Å²) in [7, 11) is 1.81. The number of phenolic OH excluding ortho intramolecular Hbond substituents is 1. The number of amides is 3. The van der Waals surface area contributed by atoms with Gasteiger partial charge < -0.3 is 19.5 Å². The maximum absolute atomic E-state index is 13.0. The van der Waals surface area contributed by atoms with Crippen molar-refractivity contribution in [3.63, 3.8) is 0 Å². The van der Waals surface area contributed by atoms with Crippen LogP contribution in [0.25, 0.3) is 10.9 Å². The zero-order chi connectivity index (χ0) is 38.6. The van der Waals surface area contributed by atoms with Gasteiger partial charge in [0, 0.05) is 57.0 Å². The van der Waals surface area contributed by atoms with Crippen molar-refractivity contribution in [1.82, 2.24) is 24.9 Å². The average Bonchev–Trinajstić information content (AvgIpc) is 3.54. The van der Waals surface area contributed by atoms with E-state index in [1.54, 1.807) is 10.7 Å². The van der Waals surface area contributed by atoms with E-state index in [0.29, 0.717) is 55.6 Å². The zero-order valence-corrected chi connectivity index (χ0v) is 31.9. The summed E-state index contributed by atoms with van der Waals surface area (Å²) in [4.78, 5) is 41.4. The molecule has 0 bridgehead atoms. The molecule has 3 atom stereocenters. The number of aromatic nitrogens is 2. The minimum absolute atomic E-state index is 0.0408. The lowest BCUT2D eigenvalue weighted by molar-refractivity contribution is -0.135. The second kappa shape index (κ2) is 16.6. The SMILES string of the molecule is Cn1nc(C2CCC(=O)NC2=O)c2ccc(OCC(=O)N3CCN(CCCCOc4ccc([C@H]5c6ccc(O)cc6CC[C@H]5c5ccccc5)cc4)CC3)cc21. The Morgan fingerprint density at radius 2 is 1.62 bits per heavy atom. The van der Waals surface area contributed by atoms with E-state index in [1.165, 1.54) is 22.3 Å². The lowest BCUT2D eigenvalue weighted by Crippen LogP contribution is -2.50. The van der Waals surface area contributed by atoms with Crippen LogP contribution in [0.3, 0.4) is 0 Å². The number of aryl methyl sites for hydroxylation is 2. The van der Waals surface area contributed by atoms with E-state index in [0.717, 1.165) is 62.0 Å². The van der Waals surface area contributed by atoms with Gasteiger partial charge in [-0.25, -0.2) is 0 Å². The summed E-state index contributed by atoms with van der Waals surface area (Å²) in [6, 6.07) is 30.7. The Kier molecular flexibility index (Phi) is 11.0. The van der Waals surface area contributed by atoms with E-state index in [2.05, 4.69) is 76.0 Å². The largest absolute Gasteiger partial charge is 0.508 e. The number of aromatic hydroxyl groups is 1. The standard InChI is InChI=1S/C45H49N5O6/c1-48-40-28-35(15-18-38(40)44(47-48)39-19-20-41(52)46-45(39)54)56-29-42(53)50-24-22-49(23-25-50)21-5-6-26-55-34-13-9-31(10-14-34)43-36(30-7-3-2-4-8-30)16-11-32-27-33(51)12-17-37(32)43/h2-4,7-10,12-15,17-18,27-28,36,39,43,51H,5-6,11,16,19-26,29H2,1H3,(H,46,52,54)/t36-,39?,43+/m0/s1. The second-order valence-electron chi connectivity index (χ2n) is 15.2. The number of benzene rings is 4. The first-order valence-electron chi connectivity index (χ1n) is 19.8. The van der Waals surface area contributed by atoms with Crippen molar-refractivity contribution in [2.75, 3.05) is 45.9 Å². The molecule has 5 aromatic rings. The quantitative estimate of drug-likeness (QED) is 0.117. The summed E-state index contributed by atoms with van der Waals surface area (Å²) in [5.74, 6) is 1.26. The van der Waals surface area contributed by atoms with Gasteiger partial charge in [-0.2, -0.15) is 5.10 Å². The smallest absolute Gasteiger partial charge is 0.260 e. The highest BCUT2D eigenvalue weighted by Gasteiger charge is 2.33. The van der Waals surface area contributed by atoms with Crippen LogP contribution in [0.15, 0.2) is 91.0 Å². The number of imide groups is 1. The maximum Gasteiger partial charge on any atom is 0.260 e. The Hall–Kier alpha value is -5.68. The molecular formula is C45H49N5O6. The van der Waals surface area contributed by atoms with E-state index < -0.39 is 5.92 Å². The normalized spacial score (nSPS) is 20.1. The van der Waals surface area contributed by atoms with Gasteiger partial charge >= 0.3 is 0 Å². The monoisotopic (exact) mass is 755 g/mol. The van der Waals surface area contributed by atoms with E-state index in [-0.39, 0.29) is 30.2 Å². The van der Waals surface area contributed by atoms with Gasteiger partial charge in [0.2, 0.25) is 11.8 Å². The molecule has 56 heavy (non-hydrogen) atoms. The number of nitrogens with one attached hydrogen (secondary N) is 1. The predicted octanol–water partition coefficient (Wildman–Crippen LogP) is 6.04. The van der Waals surface area contributed by atoms with Crippen LogP contribution in [0, 0.1) is 0 Å². The van der Waals surface area contributed by atoms with Gasteiger partial charge in [0.1, 0.15) is 17.2 Å². The van der Waals surface area contributed by atoms with Crippen LogP contribution in [0.1, 0.15) is 77.8 Å². The fraction of sp³-hybridized carbons (Fsp3) is 0.378. The zero-order valence-electron chi connectivity index (χ0n) is 31.9. The molecule has 2 saturated heterocycles. The number of nitrogens with zero attached hydrogens (tertiary/aromatic N) is 4. The van der Waals surface area contributed by atoms with Crippen LogP contribution in [0.4, 0.5) is 0 Å². The molecule has 11 heteroatoms. The summed E-state index contributed by atoms with van der Waals surface area (Å²) in [5, 5.41) is 18.0. The highest BCUT2D eigenvalue weighted by atomic mass is 16.5. The highest BCUT2D eigenvalue weighted by molar-refractivity contribution is 6.02. The topological polar surface area (TPSA) is 126 Å². The third-order valence-corrected chi connectivity index (χ3v) is 11.7. The van der Waals surface area contributed by atoms with Crippen LogP contribution < -0.4 is 14.8 Å². The van der Waals surface area contributed by atoms with Gasteiger partial charge in [0.15, 0.2) is 6.61 Å². The van der Waals surface area contributed by atoms with E-state index in [9.17, 15) is 19.5 Å². The summed E-state index contributed by atoms with van der Waals surface area (Å²) in [5.41, 5.74) is 6.57. The first-order valence-corrected chi connectivity index (χ1v) is 19.8. The van der Waals surface area contributed by atoms with Crippen molar-refractivity contribution in [2.45, 2.75) is 56.3 Å². The molecule has 11 nitrogen and oxygen atoms in total. The molecule has 0 radical (unpaired) electrons. The second-order valence-corrected chi connectivity index (χ2v) is 15.2. The number of phenols is 1. The molecule has 1 aliphatic carbocycles. The van der Waals surface area contributed by atoms with Gasteiger partial charge in [-0.05, 0) is 103 Å². The first-order chi connectivity index (χ1) is 27.3. The number of piperidine rings is 1. The number of unbranched alkanes of at least 4 members (excludes halogenated alkanes) is 1. The number of rotatable bonds is 12. The lowest BCUT2D eigenvalue weighted by atomic mass is 9.69. The van der Waals surface area contributed by atoms with E-state index in [1.807, 2.05) is 36.2 Å². The molecule has 2 N–H and O–H groups in total. The summed E-state index contributed by atoms with van der Waals surface area (Å²) < 4.78 is 13.8. The van der Waals surface area contributed by atoms with Gasteiger partial charge in [-0.15, -0.1) is 0 Å². The maximum atomic E-state index is 13.0. The predicted molar refractivity (Wildman–Crippen MR) is 213 cm³/mol. The van der Waals surface area contributed by atoms with Gasteiger partial charge in [0.25, 0.3) is 5.91 Å². The van der Waals surface area contributed by atoms with Crippen LogP contribution >= 0.6 is 0 Å². The average molecular weight is 756 g/mol. The van der Waals surface area contributed by atoms with Crippen molar-refractivity contribution >= 4 is 28.6 Å². The summed E-state index contributed by atoms with van der Waals surface area (Å²) in [6.07, 6.45) is 4.67. The van der Waals surface area contributed by atoms with Crippen molar-refractivity contribution < 1.29 is 29.0 Å². The van der Waals surface area contributed by atoms with Gasteiger partial charge in [-0.3, -0.25) is 29.3 Å². The Balaban J connectivity index is 0.765.